The van der Waals surface area contributed by atoms with Crippen molar-refractivity contribution in [1.29, 1.82) is 0 Å². The standard InChI is InChI=1S/C16H23NO2/c18-14-6-5-12(9-14)10-17-11-13-7-8-19-16-4-2-1-3-15(13)16/h1-4,12-14,17-18H,5-11H2. The van der Waals surface area contributed by atoms with Gasteiger partial charge in [0.25, 0.3) is 0 Å². The average Bonchev–Trinajstić information content (AvgIpc) is 2.85. The minimum absolute atomic E-state index is 0.0596. The Morgan fingerprint density at radius 3 is 2.89 bits per heavy atom. The van der Waals surface area contributed by atoms with Gasteiger partial charge in [-0.05, 0) is 49.8 Å². The average molecular weight is 261 g/mol. The molecule has 3 nitrogen and oxygen atoms in total. The van der Waals surface area contributed by atoms with Gasteiger partial charge >= 0.3 is 0 Å². The van der Waals surface area contributed by atoms with Crippen LogP contribution in [0.25, 0.3) is 0 Å². The molecule has 3 unspecified atom stereocenters. The summed E-state index contributed by atoms with van der Waals surface area (Å²) in [5, 5.41) is 13.1. The highest BCUT2D eigenvalue weighted by Gasteiger charge is 2.24. The molecule has 1 heterocycles. The second-order valence-corrected chi connectivity index (χ2v) is 5.86. The molecule has 3 heteroatoms. The topological polar surface area (TPSA) is 41.5 Å². The molecule has 19 heavy (non-hydrogen) atoms. The third-order valence-electron chi connectivity index (χ3n) is 4.42. The highest BCUT2D eigenvalue weighted by molar-refractivity contribution is 5.37. The van der Waals surface area contributed by atoms with Crippen molar-refractivity contribution in [3.8, 4) is 5.75 Å². The molecule has 0 bridgehead atoms. The second-order valence-electron chi connectivity index (χ2n) is 5.86. The molecule has 1 saturated carbocycles. The Balaban J connectivity index is 1.51. The fourth-order valence-corrected chi connectivity index (χ4v) is 3.32. The van der Waals surface area contributed by atoms with Gasteiger partial charge < -0.3 is 15.2 Å². The number of hydrogen-bond donors (Lipinski definition) is 2. The number of nitrogens with one attached hydrogen (secondary N) is 1. The van der Waals surface area contributed by atoms with E-state index in [1.807, 2.05) is 6.07 Å². The molecular weight excluding hydrogens is 238 g/mol. The number of fused-ring (bicyclic) bond motifs is 1. The van der Waals surface area contributed by atoms with Gasteiger partial charge in [0.2, 0.25) is 0 Å². The predicted molar refractivity (Wildman–Crippen MR) is 75.5 cm³/mol. The Bertz CT molecular complexity index is 421. The van der Waals surface area contributed by atoms with E-state index >= 15 is 0 Å². The van der Waals surface area contributed by atoms with Gasteiger partial charge in [-0.2, -0.15) is 0 Å². The van der Waals surface area contributed by atoms with E-state index in [1.54, 1.807) is 0 Å². The maximum Gasteiger partial charge on any atom is 0.122 e. The van der Waals surface area contributed by atoms with E-state index in [-0.39, 0.29) is 6.10 Å². The van der Waals surface area contributed by atoms with Crippen LogP contribution in [0, 0.1) is 5.92 Å². The summed E-state index contributed by atoms with van der Waals surface area (Å²) in [6.45, 7) is 2.88. The van der Waals surface area contributed by atoms with Crippen LogP contribution in [0.4, 0.5) is 0 Å². The molecule has 1 fully saturated rings. The summed E-state index contributed by atoms with van der Waals surface area (Å²) in [4.78, 5) is 0. The molecule has 1 aliphatic carbocycles. The van der Waals surface area contributed by atoms with Crippen molar-refractivity contribution in [2.75, 3.05) is 19.7 Å². The van der Waals surface area contributed by atoms with E-state index in [9.17, 15) is 5.11 Å². The Kier molecular flexibility index (Phi) is 4.04. The second kappa shape index (κ2) is 5.93. The summed E-state index contributed by atoms with van der Waals surface area (Å²) in [5.74, 6) is 2.28. The molecule has 3 atom stereocenters. The van der Waals surface area contributed by atoms with Gasteiger partial charge in [0, 0.05) is 12.5 Å². The van der Waals surface area contributed by atoms with E-state index in [4.69, 9.17) is 4.74 Å². The Hall–Kier alpha value is -1.06. The first-order valence-electron chi connectivity index (χ1n) is 7.43. The van der Waals surface area contributed by atoms with Gasteiger partial charge in [-0.1, -0.05) is 18.2 Å². The zero-order valence-electron chi connectivity index (χ0n) is 11.3. The highest BCUT2D eigenvalue weighted by atomic mass is 16.5. The van der Waals surface area contributed by atoms with Crippen molar-refractivity contribution >= 4 is 0 Å². The molecule has 0 saturated heterocycles. The van der Waals surface area contributed by atoms with Gasteiger partial charge in [-0.3, -0.25) is 0 Å². The van der Waals surface area contributed by atoms with E-state index in [0.717, 1.165) is 44.7 Å². The number of rotatable bonds is 4. The number of para-hydroxylation sites is 1. The van der Waals surface area contributed by atoms with Crippen LogP contribution in [0.1, 0.15) is 37.2 Å². The number of hydrogen-bond acceptors (Lipinski definition) is 3. The van der Waals surface area contributed by atoms with Crippen LogP contribution in [0.2, 0.25) is 0 Å². The quantitative estimate of drug-likeness (QED) is 0.874. The first kappa shape index (κ1) is 12.9. The lowest BCUT2D eigenvalue weighted by Crippen LogP contribution is -2.29. The van der Waals surface area contributed by atoms with E-state index in [2.05, 4.69) is 23.5 Å². The van der Waals surface area contributed by atoms with Crippen LogP contribution in [0.3, 0.4) is 0 Å². The summed E-state index contributed by atoms with van der Waals surface area (Å²) in [6, 6.07) is 8.37. The maximum atomic E-state index is 9.53. The van der Waals surface area contributed by atoms with Gasteiger partial charge in [0.1, 0.15) is 5.75 Å². The molecule has 1 aliphatic heterocycles. The van der Waals surface area contributed by atoms with Crippen LogP contribution in [-0.2, 0) is 0 Å². The molecule has 2 N–H and O–H groups in total. The van der Waals surface area contributed by atoms with Gasteiger partial charge in [0.05, 0.1) is 12.7 Å². The van der Waals surface area contributed by atoms with E-state index in [0.29, 0.717) is 11.8 Å². The van der Waals surface area contributed by atoms with Crippen LogP contribution >= 0.6 is 0 Å². The number of aliphatic hydroxyl groups is 1. The van der Waals surface area contributed by atoms with E-state index < -0.39 is 0 Å². The molecule has 2 aliphatic rings. The normalized spacial score (nSPS) is 29.8. The van der Waals surface area contributed by atoms with Crippen LogP contribution in [0.5, 0.6) is 5.75 Å². The van der Waals surface area contributed by atoms with Crippen molar-refractivity contribution < 1.29 is 9.84 Å². The largest absolute Gasteiger partial charge is 0.493 e. The maximum absolute atomic E-state index is 9.53. The first-order valence-corrected chi connectivity index (χ1v) is 7.43. The van der Waals surface area contributed by atoms with Crippen molar-refractivity contribution in [3.63, 3.8) is 0 Å². The summed E-state index contributed by atoms with van der Waals surface area (Å²) in [7, 11) is 0. The van der Waals surface area contributed by atoms with Crippen LogP contribution in [-0.4, -0.2) is 30.9 Å². The highest BCUT2D eigenvalue weighted by Crippen LogP contribution is 2.33. The third kappa shape index (κ3) is 3.10. The number of ether oxygens (including phenoxy) is 1. The lowest BCUT2D eigenvalue weighted by Gasteiger charge is -2.26. The zero-order chi connectivity index (χ0) is 13.1. The van der Waals surface area contributed by atoms with Crippen molar-refractivity contribution in [2.45, 2.75) is 37.7 Å². The molecule has 1 aromatic rings. The van der Waals surface area contributed by atoms with Crippen LogP contribution < -0.4 is 10.1 Å². The van der Waals surface area contributed by atoms with Crippen LogP contribution in [0.15, 0.2) is 24.3 Å². The predicted octanol–water partition coefficient (Wildman–Crippen LogP) is 2.30. The molecule has 104 valence electrons. The molecule has 0 radical (unpaired) electrons. The van der Waals surface area contributed by atoms with Gasteiger partial charge in [0.15, 0.2) is 0 Å². The van der Waals surface area contributed by atoms with Gasteiger partial charge in [-0.15, -0.1) is 0 Å². The smallest absolute Gasteiger partial charge is 0.122 e. The Morgan fingerprint density at radius 1 is 1.16 bits per heavy atom. The number of aliphatic hydroxyl groups excluding tert-OH is 1. The molecule has 0 amide bonds. The monoisotopic (exact) mass is 261 g/mol. The number of benzene rings is 1. The molecule has 1 aromatic carbocycles. The lowest BCUT2D eigenvalue weighted by atomic mass is 9.93. The Labute approximate surface area is 115 Å². The molecule has 0 aromatic heterocycles. The summed E-state index contributed by atoms with van der Waals surface area (Å²) in [5.41, 5.74) is 1.34. The SMILES string of the molecule is OC1CCC(CNCC2CCOc3ccccc32)C1. The molecular formula is C16H23NO2. The minimum atomic E-state index is -0.0596. The molecule has 0 spiro atoms. The van der Waals surface area contributed by atoms with Crippen molar-refractivity contribution in [1.82, 2.24) is 5.32 Å². The van der Waals surface area contributed by atoms with Gasteiger partial charge in [-0.25, -0.2) is 0 Å². The third-order valence-corrected chi connectivity index (χ3v) is 4.42. The summed E-state index contributed by atoms with van der Waals surface area (Å²) < 4.78 is 5.69. The summed E-state index contributed by atoms with van der Waals surface area (Å²) in [6.07, 6.45) is 4.15. The minimum Gasteiger partial charge on any atom is -0.493 e. The zero-order valence-corrected chi connectivity index (χ0v) is 11.3. The molecule has 3 rings (SSSR count). The summed E-state index contributed by atoms with van der Waals surface area (Å²) >= 11 is 0. The Morgan fingerprint density at radius 2 is 2.05 bits per heavy atom. The fourth-order valence-electron chi connectivity index (χ4n) is 3.32. The van der Waals surface area contributed by atoms with Crippen molar-refractivity contribution in [2.24, 2.45) is 5.92 Å². The van der Waals surface area contributed by atoms with E-state index in [1.165, 1.54) is 12.0 Å². The first-order chi connectivity index (χ1) is 9.33. The van der Waals surface area contributed by atoms with Crippen molar-refractivity contribution in [3.05, 3.63) is 29.8 Å². The fraction of sp³-hybridized carbons (Fsp3) is 0.625. The lowest BCUT2D eigenvalue weighted by molar-refractivity contribution is 0.177.